The maximum atomic E-state index is 12.5. The summed E-state index contributed by atoms with van der Waals surface area (Å²) in [5.74, 6) is 0.551. The highest BCUT2D eigenvalue weighted by atomic mass is 32.1. The molecule has 3 aromatic rings. The van der Waals surface area contributed by atoms with E-state index in [0.717, 1.165) is 27.4 Å². The number of thiazole rings is 1. The van der Waals surface area contributed by atoms with Crippen molar-refractivity contribution in [2.75, 3.05) is 7.11 Å². The summed E-state index contributed by atoms with van der Waals surface area (Å²) < 4.78 is 7.11. The van der Waals surface area contributed by atoms with Crippen LogP contribution in [0, 0.1) is 6.92 Å². The normalized spacial score (nSPS) is 12.0. The van der Waals surface area contributed by atoms with Crippen molar-refractivity contribution in [3.05, 3.63) is 52.8 Å². The van der Waals surface area contributed by atoms with Gasteiger partial charge >= 0.3 is 0 Å². The van der Waals surface area contributed by atoms with Gasteiger partial charge in [-0.15, -0.1) is 11.3 Å². The van der Waals surface area contributed by atoms with E-state index in [4.69, 9.17) is 4.74 Å². The Bertz CT molecular complexity index is 900. The van der Waals surface area contributed by atoms with Crippen molar-refractivity contribution in [1.29, 1.82) is 0 Å². The third kappa shape index (κ3) is 3.71. The second-order valence-electron chi connectivity index (χ2n) is 5.88. The number of aromatic nitrogens is 3. The molecular weight excluding hydrogens is 336 g/mol. The standard InChI is InChI=1S/C18H20N4O2S/c1-11-5-6-16(24-4)14(7-11)12(2)20-17(23)15-10-25-18(21-15)13-8-19-22(3)9-13/h5-10,12H,1-4H3,(H,20,23)/t12-/m1/s1. The lowest BCUT2D eigenvalue weighted by atomic mass is 10.0. The van der Waals surface area contributed by atoms with Crippen LogP contribution >= 0.6 is 11.3 Å². The highest BCUT2D eigenvalue weighted by Crippen LogP contribution is 2.27. The molecule has 0 radical (unpaired) electrons. The van der Waals surface area contributed by atoms with E-state index < -0.39 is 0 Å². The van der Waals surface area contributed by atoms with E-state index in [1.54, 1.807) is 23.4 Å². The van der Waals surface area contributed by atoms with Gasteiger partial charge in [0.05, 0.1) is 19.3 Å². The number of amides is 1. The molecule has 0 unspecified atom stereocenters. The van der Waals surface area contributed by atoms with Crippen LogP contribution in [0.25, 0.3) is 10.6 Å². The lowest BCUT2D eigenvalue weighted by molar-refractivity contribution is 0.0935. The summed E-state index contributed by atoms with van der Waals surface area (Å²) in [7, 11) is 3.48. The van der Waals surface area contributed by atoms with Gasteiger partial charge in [0.1, 0.15) is 16.5 Å². The van der Waals surface area contributed by atoms with Gasteiger partial charge in [-0.05, 0) is 19.9 Å². The van der Waals surface area contributed by atoms with Gasteiger partial charge in [-0.1, -0.05) is 17.7 Å². The average Bonchev–Trinajstić information content (AvgIpc) is 3.23. The van der Waals surface area contributed by atoms with Gasteiger partial charge in [-0.2, -0.15) is 5.10 Å². The van der Waals surface area contributed by atoms with Crippen molar-refractivity contribution in [2.45, 2.75) is 19.9 Å². The van der Waals surface area contributed by atoms with Crippen LogP contribution in [0.5, 0.6) is 5.75 Å². The first-order valence-corrected chi connectivity index (χ1v) is 8.76. The molecule has 0 fully saturated rings. The molecule has 0 spiro atoms. The zero-order valence-corrected chi connectivity index (χ0v) is 15.4. The first-order chi connectivity index (χ1) is 12.0. The number of carbonyl (C=O) groups is 1. The van der Waals surface area contributed by atoms with E-state index >= 15 is 0 Å². The largest absolute Gasteiger partial charge is 0.496 e. The zero-order valence-electron chi connectivity index (χ0n) is 14.6. The Labute approximate surface area is 150 Å². The molecule has 1 aromatic carbocycles. The minimum absolute atomic E-state index is 0.189. The Morgan fingerprint density at radius 1 is 1.40 bits per heavy atom. The van der Waals surface area contributed by atoms with E-state index in [-0.39, 0.29) is 11.9 Å². The van der Waals surface area contributed by atoms with E-state index in [1.807, 2.05) is 45.3 Å². The molecule has 25 heavy (non-hydrogen) atoms. The Balaban J connectivity index is 1.76. The first-order valence-electron chi connectivity index (χ1n) is 7.88. The first kappa shape index (κ1) is 17.2. The number of hydrogen-bond acceptors (Lipinski definition) is 5. The van der Waals surface area contributed by atoms with Gasteiger partial charge in [0.2, 0.25) is 0 Å². The molecule has 2 aromatic heterocycles. The summed E-state index contributed by atoms with van der Waals surface area (Å²) in [6.45, 7) is 3.95. The van der Waals surface area contributed by atoms with Crippen LogP contribution in [0.4, 0.5) is 0 Å². The quantitative estimate of drug-likeness (QED) is 0.761. The number of rotatable bonds is 5. The Kier molecular flexibility index (Phi) is 4.85. The fraction of sp³-hybridized carbons (Fsp3) is 0.278. The Hall–Kier alpha value is -2.67. The van der Waals surface area contributed by atoms with Crippen LogP contribution in [0.1, 0.15) is 34.6 Å². The molecule has 130 valence electrons. The van der Waals surface area contributed by atoms with E-state index in [1.165, 1.54) is 11.3 Å². The monoisotopic (exact) mass is 356 g/mol. The number of ether oxygens (including phenoxy) is 1. The molecule has 0 aliphatic heterocycles. The van der Waals surface area contributed by atoms with Gasteiger partial charge in [-0.25, -0.2) is 4.98 Å². The fourth-order valence-electron chi connectivity index (χ4n) is 2.58. The summed E-state index contributed by atoms with van der Waals surface area (Å²) >= 11 is 1.43. The number of benzene rings is 1. The van der Waals surface area contributed by atoms with Gasteiger partial charge in [0.25, 0.3) is 5.91 Å². The highest BCUT2D eigenvalue weighted by Gasteiger charge is 2.18. The van der Waals surface area contributed by atoms with E-state index in [0.29, 0.717) is 5.69 Å². The van der Waals surface area contributed by atoms with Crippen molar-refractivity contribution >= 4 is 17.2 Å². The van der Waals surface area contributed by atoms with Crippen LogP contribution in [0.2, 0.25) is 0 Å². The van der Waals surface area contributed by atoms with Crippen LogP contribution in [-0.2, 0) is 7.05 Å². The molecular formula is C18H20N4O2S. The fourth-order valence-corrected chi connectivity index (χ4v) is 3.36. The molecule has 0 aliphatic carbocycles. The van der Waals surface area contributed by atoms with Crippen LogP contribution < -0.4 is 10.1 Å². The maximum absolute atomic E-state index is 12.5. The predicted octanol–water partition coefficient (Wildman–Crippen LogP) is 3.35. The van der Waals surface area contributed by atoms with Crippen molar-refractivity contribution < 1.29 is 9.53 Å². The van der Waals surface area contributed by atoms with Crippen LogP contribution in [0.15, 0.2) is 36.0 Å². The lowest BCUT2D eigenvalue weighted by Gasteiger charge is -2.17. The molecule has 0 bridgehead atoms. The molecule has 0 aliphatic rings. The summed E-state index contributed by atoms with van der Waals surface area (Å²) in [6, 6.07) is 5.73. The Morgan fingerprint density at radius 2 is 2.20 bits per heavy atom. The predicted molar refractivity (Wildman–Crippen MR) is 97.9 cm³/mol. The molecule has 2 heterocycles. The number of nitrogens with zero attached hydrogens (tertiary/aromatic N) is 3. The zero-order chi connectivity index (χ0) is 18.0. The molecule has 0 saturated carbocycles. The summed E-state index contributed by atoms with van der Waals surface area (Å²) in [4.78, 5) is 17.0. The van der Waals surface area contributed by atoms with Crippen LogP contribution in [0.3, 0.4) is 0 Å². The van der Waals surface area contributed by atoms with Gasteiger partial charge < -0.3 is 10.1 Å². The number of aryl methyl sites for hydroxylation is 2. The van der Waals surface area contributed by atoms with Gasteiger partial charge in [-0.3, -0.25) is 9.48 Å². The number of methoxy groups -OCH3 is 1. The van der Waals surface area contributed by atoms with Crippen molar-refractivity contribution in [3.63, 3.8) is 0 Å². The minimum Gasteiger partial charge on any atom is -0.496 e. The lowest BCUT2D eigenvalue weighted by Crippen LogP contribution is -2.27. The van der Waals surface area contributed by atoms with Crippen LogP contribution in [-0.4, -0.2) is 27.8 Å². The maximum Gasteiger partial charge on any atom is 0.271 e. The molecule has 0 saturated heterocycles. The van der Waals surface area contributed by atoms with E-state index in [9.17, 15) is 4.79 Å². The second-order valence-corrected chi connectivity index (χ2v) is 6.74. The third-order valence-electron chi connectivity index (χ3n) is 3.89. The van der Waals surface area contributed by atoms with Crippen molar-refractivity contribution in [1.82, 2.24) is 20.1 Å². The molecule has 6 nitrogen and oxygen atoms in total. The van der Waals surface area contributed by atoms with Gasteiger partial charge in [0, 0.05) is 29.8 Å². The summed E-state index contributed by atoms with van der Waals surface area (Å²) in [5.41, 5.74) is 3.37. The Morgan fingerprint density at radius 3 is 2.88 bits per heavy atom. The smallest absolute Gasteiger partial charge is 0.271 e. The van der Waals surface area contributed by atoms with E-state index in [2.05, 4.69) is 15.4 Å². The molecule has 1 amide bonds. The highest BCUT2D eigenvalue weighted by molar-refractivity contribution is 7.13. The topological polar surface area (TPSA) is 69.0 Å². The average molecular weight is 356 g/mol. The second kappa shape index (κ2) is 7.06. The number of nitrogens with one attached hydrogen (secondary N) is 1. The molecule has 1 atom stereocenters. The molecule has 7 heteroatoms. The summed E-state index contributed by atoms with van der Waals surface area (Å²) in [5, 5.41) is 9.66. The number of hydrogen-bond donors (Lipinski definition) is 1. The minimum atomic E-state index is -0.206. The van der Waals surface area contributed by atoms with Crippen molar-refractivity contribution in [2.24, 2.45) is 7.05 Å². The van der Waals surface area contributed by atoms with Gasteiger partial charge in [0.15, 0.2) is 0 Å². The third-order valence-corrected chi connectivity index (χ3v) is 4.78. The SMILES string of the molecule is COc1ccc(C)cc1[C@@H](C)NC(=O)c1csc(-c2cnn(C)c2)n1. The number of carbonyl (C=O) groups excluding carboxylic acids is 1. The van der Waals surface area contributed by atoms with Crippen molar-refractivity contribution in [3.8, 4) is 16.3 Å². The summed E-state index contributed by atoms with van der Waals surface area (Å²) in [6.07, 6.45) is 3.61. The molecule has 1 N–H and O–H groups in total. The molecule has 3 rings (SSSR count).